The first-order chi connectivity index (χ1) is 17.0. The zero-order valence-corrected chi connectivity index (χ0v) is 24.3. The molecule has 0 saturated carbocycles. The highest BCUT2D eigenvalue weighted by atomic mass is 31.2. The molecule has 0 aliphatic rings. The van der Waals surface area contributed by atoms with Crippen molar-refractivity contribution in [2.45, 2.75) is 123 Å². The van der Waals surface area contributed by atoms with Gasteiger partial charge >= 0.3 is 14.6 Å². The van der Waals surface area contributed by atoms with Crippen molar-refractivity contribution >= 4 is 14.6 Å². The lowest BCUT2D eigenvalue weighted by Gasteiger charge is -2.19. The molecule has 0 aromatic carbocycles. The van der Waals surface area contributed by atoms with E-state index in [1.165, 1.54) is 102 Å². The molecule has 2 N–H and O–H groups in total. The monoisotopic (exact) mass is 522 g/mol. The van der Waals surface area contributed by atoms with Crippen LogP contribution in [-0.4, -0.2) is 64.0 Å². The predicted octanol–water partition coefficient (Wildman–Crippen LogP) is 5.59. The van der Waals surface area contributed by atoms with Gasteiger partial charge in [0.2, 0.25) is 0 Å². The first-order valence-corrected chi connectivity index (χ1v) is 15.4. The van der Waals surface area contributed by atoms with Crippen LogP contribution in [0, 0.1) is 0 Å². The van der Waals surface area contributed by atoms with Crippen LogP contribution >= 0.6 is 8.60 Å². The summed E-state index contributed by atoms with van der Waals surface area (Å²) in [5.41, 5.74) is 0. The summed E-state index contributed by atoms with van der Waals surface area (Å²) in [4.78, 5) is 22.3. The largest absolute Gasteiger partial charge is 0.458 e. The first kappa shape index (κ1) is 34.7. The molecule has 2 atom stereocenters. The van der Waals surface area contributed by atoms with Gasteiger partial charge in [0.1, 0.15) is 19.3 Å². The van der Waals surface area contributed by atoms with Crippen molar-refractivity contribution < 1.29 is 33.1 Å². The molecule has 0 rings (SSSR count). The van der Waals surface area contributed by atoms with Gasteiger partial charge in [-0.1, -0.05) is 103 Å². The van der Waals surface area contributed by atoms with Gasteiger partial charge in [-0.2, -0.15) is 0 Å². The van der Waals surface area contributed by atoms with Crippen LogP contribution < -0.4 is 4.90 Å². The van der Waals surface area contributed by atoms with Crippen LogP contribution in [0.15, 0.2) is 0 Å². The zero-order chi connectivity index (χ0) is 26.0. The summed E-state index contributed by atoms with van der Waals surface area (Å²) >= 11 is 0. The maximum Gasteiger partial charge on any atom is 0.330 e. The number of nitrogens with one attached hydrogen (secondary N) is 1. The third kappa shape index (κ3) is 28.1. The van der Waals surface area contributed by atoms with Gasteiger partial charge in [-0.05, 0) is 6.42 Å². The second-order valence-electron chi connectivity index (χ2n) is 9.93. The van der Waals surface area contributed by atoms with Gasteiger partial charge in [0.05, 0.1) is 27.3 Å². The summed E-state index contributed by atoms with van der Waals surface area (Å²) in [6, 6.07) is 0. The molecule has 0 bridgehead atoms. The molecule has 0 radical (unpaired) electrons. The topological polar surface area (TPSA) is 78.7 Å². The second-order valence-corrected chi connectivity index (χ2v) is 10.9. The number of hydrogen-bond acceptors (Lipinski definition) is 6. The van der Waals surface area contributed by atoms with E-state index < -0.39 is 14.7 Å². The quantitative estimate of drug-likeness (QED) is 0.0832. The van der Waals surface area contributed by atoms with Crippen molar-refractivity contribution in [1.29, 1.82) is 0 Å². The number of hydrogen-bond donors (Lipinski definition) is 2. The molecule has 0 spiro atoms. The molecule has 8 heteroatoms. The number of likely N-dealkylation sites (N-methyl/N-ethyl adjacent to an activating group) is 1. The number of carbonyl (C=O) groups excluding carboxylic acids is 1. The fraction of sp³-hybridized carbons (Fsp3) is 0.963. The van der Waals surface area contributed by atoms with Crippen LogP contribution in [0.4, 0.5) is 0 Å². The Morgan fingerprint density at radius 1 is 0.743 bits per heavy atom. The minimum absolute atomic E-state index is 0.0650. The summed E-state index contributed by atoms with van der Waals surface area (Å²) in [5, 5.41) is 0. The summed E-state index contributed by atoms with van der Waals surface area (Å²) in [6.45, 7) is 5.81. The van der Waals surface area contributed by atoms with Crippen molar-refractivity contribution in [2.75, 3.05) is 47.1 Å². The van der Waals surface area contributed by atoms with Gasteiger partial charge in [-0.15, -0.1) is 0 Å². The molecule has 0 aromatic heterocycles. The number of esters is 1. The normalized spacial score (nSPS) is 13.3. The van der Waals surface area contributed by atoms with E-state index >= 15 is 0 Å². The van der Waals surface area contributed by atoms with Crippen LogP contribution in [-0.2, 0) is 23.3 Å². The Morgan fingerprint density at radius 2 is 1.23 bits per heavy atom. The molecule has 0 heterocycles. The minimum Gasteiger partial charge on any atom is -0.458 e. The maximum absolute atomic E-state index is 11.3. The van der Waals surface area contributed by atoms with Crippen molar-refractivity contribution in [3.8, 4) is 0 Å². The predicted molar refractivity (Wildman–Crippen MR) is 145 cm³/mol. The fourth-order valence-electron chi connectivity index (χ4n) is 3.83. The van der Waals surface area contributed by atoms with Crippen LogP contribution in [0.1, 0.15) is 117 Å². The lowest BCUT2D eigenvalue weighted by atomic mass is 10.0. The third-order valence-corrected chi connectivity index (χ3v) is 6.73. The summed E-state index contributed by atoms with van der Waals surface area (Å²) in [6.07, 6.45) is 21.0. The van der Waals surface area contributed by atoms with Gasteiger partial charge in [-0.3, -0.25) is 4.79 Å². The van der Waals surface area contributed by atoms with Crippen molar-refractivity contribution in [3.05, 3.63) is 0 Å². The SMILES string of the molecule is CCCCCCCCCCCCCCCCCCOCC(COP(O)OCC[NH+](C)C)OC(C)=O. The van der Waals surface area contributed by atoms with Crippen LogP contribution in [0.2, 0.25) is 0 Å². The van der Waals surface area contributed by atoms with E-state index in [1.807, 2.05) is 14.1 Å². The Labute approximate surface area is 217 Å². The van der Waals surface area contributed by atoms with Crippen LogP contribution in [0.3, 0.4) is 0 Å². The molecular weight excluding hydrogens is 465 g/mol. The highest BCUT2D eigenvalue weighted by Gasteiger charge is 2.17. The van der Waals surface area contributed by atoms with E-state index in [9.17, 15) is 9.69 Å². The average molecular weight is 523 g/mol. The van der Waals surface area contributed by atoms with E-state index in [-0.39, 0.29) is 19.2 Å². The Morgan fingerprint density at radius 3 is 1.69 bits per heavy atom. The number of ether oxygens (including phenoxy) is 2. The van der Waals surface area contributed by atoms with Gasteiger partial charge < -0.3 is 28.3 Å². The summed E-state index contributed by atoms with van der Waals surface area (Å²) < 4.78 is 21.5. The average Bonchev–Trinajstić information content (AvgIpc) is 2.81. The van der Waals surface area contributed by atoms with Gasteiger partial charge in [0, 0.05) is 13.5 Å². The number of unbranched alkanes of at least 4 members (excludes halogenated alkanes) is 15. The highest BCUT2D eigenvalue weighted by Crippen LogP contribution is 2.32. The van der Waals surface area contributed by atoms with E-state index in [4.69, 9.17) is 18.5 Å². The Bertz CT molecular complexity index is 455. The molecule has 0 fully saturated rings. The summed E-state index contributed by atoms with van der Waals surface area (Å²) in [7, 11) is 2.05. The number of quaternary nitrogens is 1. The smallest absolute Gasteiger partial charge is 0.330 e. The van der Waals surface area contributed by atoms with Crippen LogP contribution in [0.5, 0.6) is 0 Å². The van der Waals surface area contributed by atoms with Crippen LogP contribution in [0.25, 0.3) is 0 Å². The van der Waals surface area contributed by atoms with Gasteiger partial charge in [0.25, 0.3) is 0 Å². The van der Waals surface area contributed by atoms with E-state index in [0.717, 1.165) is 19.4 Å². The Kier molecular flexibility index (Phi) is 26.5. The number of carbonyl (C=O) groups is 1. The molecule has 0 saturated heterocycles. The maximum atomic E-state index is 11.3. The van der Waals surface area contributed by atoms with E-state index in [0.29, 0.717) is 13.2 Å². The Balaban J connectivity index is 3.53. The molecule has 0 aliphatic carbocycles. The van der Waals surface area contributed by atoms with Crippen molar-refractivity contribution in [1.82, 2.24) is 0 Å². The molecule has 7 nitrogen and oxygen atoms in total. The van der Waals surface area contributed by atoms with Gasteiger partial charge in [0.15, 0.2) is 0 Å². The molecule has 0 amide bonds. The van der Waals surface area contributed by atoms with E-state index in [1.54, 1.807) is 0 Å². The van der Waals surface area contributed by atoms with Crippen molar-refractivity contribution in [2.24, 2.45) is 0 Å². The second kappa shape index (κ2) is 26.8. The highest BCUT2D eigenvalue weighted by molar-refractivity contribution is 7.40. The molecule has 210 valence electrons. The lowest BCUT2D eigenvalue weighted by Crippen LogP contribution is -3.06. The first-order valence-electron chi connectivity index (χ1n) is 14.2. The van der Waals surface area contributed by atoms with E-state index in [2.05, 4.69) is 6.92 Å². The standard InChI is InChI=1S/C27H56NO6P/c1-5-6-7-8-9-10-11-12-13-14-15-16-17-18-19-20-22-31-24-27(34-26(2)29)25-33-35(30)32-23-21-28(3)4/h27,30H,5-25H2,1-4H3/p+1. The minimum atomic E-state index is -1.97. The third-order valence-electron chi connectivity index (χ3n) is 5.95. The number of rotatable bonds is 27. The Hall–Kier alpha value is -0.300. The molecule has 0 aromatic rings. The molecular formula is C27H57NO6P+. The zero-order valence-electron chi connectivity index (χ0n) is 23.4. The molecule has 2 unspecified atom stereocenters. The van der Waals surface area contributed by atoms with Crippen molar-refractivity contribution in [3.63, 3.8) is 0 Å². The summed E-state index contributed by atoms with van der Waals surface area (Å²) in [5.74, 6) is -0.385. The molecule has 0 aliphatic heterocycles. The molecule has 35 heavy (non-hydrogen) atoms. The van der Waals surface area contributed by atoms with Gasteiger partial charge in [-0.25, -0.2) is 0 Å². The fourth-order valence-corrected chi connectivity index (χ4v) is 4.45. The lowest BCUT2D eigenvalue weighted by molar-refractivity contribution is -0.858.